The fourth-order valence-corrected chi connectivity index (χ4v) is 7.71. The van der Waals surface area contributed by atoms with Gasteiger partial charge in [-0.3, -0.25) is 14.4 Å². The summed E-state index contributed by atoms with van der Waals surface area (Å²) in [7, 11) is 0. The predicted molar refractivity (Wildman–Crippen MR) is 159 cm³/mol. The molecule has 1 saturated heterocycles. The van der Waals surface area contributed by atoms with Crippen LogP contribution in [0.2, 0.25) is 0 Å². The number of fused-ring (bicyclic) bond motifs is 6. The Morgan fingerprint density at radius 2 is 1.62 bits per heavy atom. The molecule has 6 heteroatoms. The zero-order valence-corrected chi connectivity index (χ0v) is 23.3. The van der Waals surface area contributed by atoms with E-state index in [-0.39, 0.29) is 17.5 Å². The number of carbonyl (C=O) groups excluding carboxylic acids is 3. The van der Waals surface area contributed by atoms with Crippen LogP contribution in [-0.2, 0) is 10.2 Å². The molecule has 3 aromatic carbocycles. The number of anilines is 2. The molecule has 1 fully saturated rings. The summed E-state index contributed by atoms with van der Waals surface area (Å²) in [5.41, 5.74) is 5.78. The smallest absolute Gasteiger partial charge is 0.238 e. The molecule has 3 aliphatic heterocycles. The van der Waals surface area contributed by atoms with Crippen molar-refractivity contribution in [3.05, 3.63) is 123 Å². The average Bonchev–Trinajstić information content (AvgIpc) is 3.66. The summed E-state index contributed by atoms with van der Waals surface area (Å²) in [6.07, 6.45) is 2.10. The molecule has 3 aliphatic rings. The van der Waals surface area contributed by atoms with E-state index in [1.54, 1.807) is 6.07 Å². The Balaban J connectivity index is 1.56. The largest absolute Gasteiger partial charge is 0.352 e. The van der Waals surface area contributed by atoms with Crippen LogP contribution in [0.15, 0.2) is 90.3 Å². The molecule has 0 unspecified atom stereocenters. The highest BCUT2D eigenvalue weighted by Gasteiger charge is 2.70. The molecule has 4 atom stereocenters. The molecule has 1 amide bonds. The molecule has 198 valence electrons. The molecular formula is C34H28N2O3S. The van der Waals surface area contributed by atoms with E-state index in [1.807, 2.05) is 92.9 Å². The number of Topliss-reactive ketones (excluding diaryl/α,β-unsaturated/α-hetero) is 2. The summed E-state index contributed by atoms with van der Waals surface area (Å²) in [5, 5.41) is 4.96. The fourth-order valence-electron chi connectivity index (χ4n) is 7.01. The van der Waals surface area contributed by atoms with Crippen LogP contribution >= 0.6 is 11.3 Å². The normalized spacial score (nSPS) is 24.3. The molecule has 1 aromatic heterocycles. The van der Waals surface area contributed by atoms with E-state index >= 15 is 0 Å². The first-order chi connectivity index (χ1) is 19.3. The van der Waals surface area contributed by atoms with Crippen LogP contribution in [0.4, 0.5) is 11.4 Å². The fraction of sp³-hybridized carbons (Fsp3) is 0.206. The first kappa shape index (κ1) is 24.7. The van der Waals surface area contributed by atoms with Crippen molar-refractivity contribution in [2.24, 2.45) is 5.92 Å². The van der Waals surface area contributed by atoms with Crippen molar-refractivity contribution in [3.63, 3.8) is 0 Å². The molecule has 0 bridgehead atoms. The summed E-state index contributed by atoms with van der Waals surface area (Å²) in [6.45, 7) is 6.08. The van der Waals surface area contributed by atoms with Gasteiger partial charge >= 0.3 is 0 Å². The van der Waals surface area contributed by atoms with Crippen molar-refractivity contribution in [1.29, 1.82) is 0 Å². The summed E-state index contributed by atoms with van der Waals surface area (Å²) in [6, 6.07) is 23.5. The number of amides is 1. The van der Waals surface area contributed by atoms with Gasteiger partial charge in [-0.2, -0.15) is 0 Å². The number of nitrogens with one attached hydrogen (secondary N) is 1. The Hall–Kier alpha value is -4.29. The number of rotatable bonds is 4. The maximum absolute atomic E-state index is 14.7. The third-order valence-electron chi connectivity index (χ3n) is 8.78. The highest BCUT2D eigenvalue weighted by Crippen LogP contribution is 2.59. The second-order valence-electron chi connectivity index (χ2n) is 11.1. The molecule has 5 nitrogen and oxygen atoms in total. The van der Waals surface area contributed by atoms with Crippen molar-refractivity contribution < 1.29 is 14.4 Å². The Kier molecular flexibility index (Phi) is 5.48. The van der Waals surface area contributed by atoms with Crippen LogP contribution in [0.25, 0.3) is 5.57 Å². The first-order valence-corrected chi connectivity index (χ1v) is 14.4. The third-order valence-corrected chi connectivity index (χ3v) is 9.67. The second kappa shape index (κ2) is 8.86. The number of carbonyl (C=O) groups is 3. The Bertz CT molecular complexity index is 1740. The number of allylic oxidation sites excluding steroid dienone is 1. The van der Waals surface area contributed by atoms with Crippen LogP contribution in [0.1, 0.15) is 49.2 Å². The van der Waals surface area contributed by atoms with Gasteiger partial charge in [0.25, 0.3) is 0 Å². The van der Waals surface area contributed by atoms with Crippen molar-refractivity contribution in [2.45, 2.75) is 38.3 Å². The minimum absolute atomic E-state index is 0.159. The van der Waals surface area contributed by atoms with E-state index in [0.29, 0.717) is 16.1 Å². The van der Waals surface area contributed by atoms with E-state index in [4.69, 9.17) is 0 Å². The van der Waals surface area contributed by atoms with Crippen molar-refractivity contribution in [2.75, 3.05) is 10.2 Å². The molecule has 0 radical (unpaired) electrons. The number of hydrogen-bond donors (Lipinski definition) is 1. The number of benzene rings is 3. The highest BCUT2D eigenvalue weighted by atomic mass is 32.1. The molecular weight excluding hydrogens is 516 g/mol. The van der Waals surface area contributed by atoms with Gasteiger partial charge in [-0.1, -0.05) is 71.8 Å². The molecule has 0 saturated carbocycles. The minimum Gasteiger partial charge on any atom is -0.352 e. The number of hydrogen-bond acceptors (Lipinski definition) is 5. The third kappa shape index (κ3) is 3.29. The van der Waals surface area contributed by atoms with Gasteiger partial charge < -0.3 is 10.2 Å². The standard InChI is InChI=1S/C34H28N2O3S/c1-19-10-13-22(14-11-19)31(37)30-29(32(38)27-9-6-16-40-27)34(24-7-4-5-8-25(24)35-33(34)39)28-18-21(3)23-17-20(2)12-15-26(23)36(28)30/h4-18,28-30H,1-3H3,(H,35,39)/t28-,29+,30-,34-/m0/s1. The van der Waals surface area contributed by atoms with Gasteiger partial charge in [0, 0.05) is 22.5 Å². The molecule has 1 spiro atoms. The lowest BCUT2D eigenvalue weighted by Gasteiger charge is -2.39. The Morgan fingerprint density at radius 3 is 2.38 bits per heavy atom. The summed E-state index contributed by atoms with van der Waals surface area (Å²) >= 11 is 1.35. The van der Waals surface area contributed by atoms with Gasteiger partial charge in [0.05, 0.1) is 16.8 Å². The van der Waals surface area contributed by atoms with E-state index < -0.39 is 23.4 Å². The monoisotopic (exact) mass is 544 g/mol. The van der Waals surface area contributed by atoms with Gasteiger partial charge in [0.2, 0.25) is 5.91 Å². The summed E-state index contributed by atoms with van der Waals surface area (Å²) in [4.78, 5) is 46.3. The summed E-state index contributed by atoms with van der Waals surface area (Å²) < 4.78 is 0. The van der Waals surface area contributed by atoms with Crippen LogP contribution in [0.5, 0.6) is 0 Å². The zero-order valence-electron chi connectivity index (χ0n) is 22.5. The highest BCUT2D eigenvalue weighted by molar-refractivity contribution is 7.12. The lowest BCUT2D eigenvalue weighted by atomic mass is 9.64. The van der Waals surface area contributed by atoms with E-state index in [9.17, 15) is 14.4 Å². The molecule has 0 aliphatic carbocycles. The van der Waals surface area contributed by atoms with E-state index in [2.05, 4.69) is 22.4 Å². The Morgan fingerprint density at radius 1 is 0.875 bits per heavy atom. The van der Waals surface area contributed by atoms with E-state index in [1.165, 1.54) is 11.3 Å². The molecule has 7 rings (SSSR count). The summed E-state index contributed by atoms with van der Waals surface area (Å²) in [5.74, 6) is -1.52. The number of aryl methyl sites for hydroxylation is 2. The zero-order chi connectivity index (χ0) is 27.8. The second-order valence-corrected chi connectivity index (χ2v) is 12.0. The average molecular weight is 545 g/mol. The number of nitrogens with zero attached hydrogens (tertiary/aromatic N) is 1. The van der Waals surface area contributed by atoms with Crippen LogP contribution in [0, 0.1) is 19.8 Å². The molecule has 40 heavy (non-hydrogen) atoms. The first-order valence-electron chi connectivity index (χ1n) is 13.5. The van der Waals surface area contributed by atoms with Crippen molar-refractivity contribution >= 4 is 45.8 Å². The number of thiophene rings is 1. The SMILES string of the molecule is CC1=C[C@@H]2N(c3ccc(C)cc31)[C@H](C(=O)c1ccc(C)cc1)[C@H](C(=O)c1cccs1)[C@@]21C(=O)Nc2ccccc21. The van der Waals surface area contributed by atoms with Crippen LogP contribution in [0.3, 0.4) is 0 Å². The van der Waals surface area contributed by atoms with E-state index in [0.717, 1.165) is 33.5 Å². The lowest BCUT2D eigenvalue weighted by molar-refractivity contribution is -0.121. The van der Waals surface area contributed by atoms with Gasteiger partial charge in [-0.15, -0.1) is 11.3 Å². The predicted octanol–water partition coefficient (Wildman–Crippen LogP) is 6.61. The van der Waals surface area contributed by atoms with Crippen molar-refractivity contribution in [1.82, 2.24) is 0 Å². The van der Waals surface area contributed by atoms with Gasteiger partial charge in [0.15, 0.2) is 11.6 Å². The molecule has 4 heterocycles. The molecule has 4 aromatic rings. The van der Waals surface area contributed by atoms with Gasteiger partial charge in [0.1, 0.15) is 11.5 Å². The van der Waals surface area contributed by atoms with Crippen molar-refractivity contribution in [3.8, 4) is 0 Å². The van der Waals surface area contributed by atoms with Crippen LogP contribution in [-0.4, -0.2) is 29.6 Å². The molecule has 1 N–H and O–H groups in total. The maximum atomic E-state index is 14.7. The van der Waals surface area contributed by atoms with Crippen LogP contribution < -0.4 is 10.2 Å². The van der Waals surface area contributed by atoms with Gasteiger partial charge in [-0.25, -0.2) is 0 Å². The van der Waals surface area contributed by atoms with Gasteiger partial charge in [-0.05, 0) is 61.6 Å². The lowest BCUT2D eigenvalue weighted by Crippen LogP contribution is -2.51. The quantitative estimate of drug-likeness (QED) is 0.294. The minimum atomic E-state index is -1.29. The topological polar surface area (TPSA) is 66.5 Å². The number of ketones is 2. The Labute approximate surface area is 237 Å². The number of para-hydroxylation sites is 1. The maximum Gasteiger partial charge on any atom is 0.238 e.